The van der Waals surface area contributed by atoms with Gasteiger partial charge in [0.05, 0.1) is 10.7 Å². The zero-order valence-electron chi connectivity index (χ0n) is 17.6. The van der Waals surface area contributed by atoms with Gasteiger partial charge in [0, 0.05) is 22.3 Å². The summed E-state index contributed by atoms with van der Waals surface area (Å²) in [6.45, 7) is 2.02. The molecule has 4 aromatic rings. The van der Waals surface area contributed by atoms with Crippen LogP contribution in [0.1, 0.15) is 32.0 Å². The number of ether oxygens (including phenoxy) is 1. The van der Waals surface area contributed by atoms with Crippen LogP contribution in [0.5, 0.6) is 5.75 Å². The lowest BCUT2D eigenvalue weighted by molar-refractivity contribution is 0.102. The summed E-state index contributed by atoms with van der Waals surface area (Å²) in [5.74, 6) is -0.183. The molecular weight excluding hydrogens is 461 g/mol. The fraction of sp³-hybridized carbons (Fsp3) is 0.0800. The number of rotatable bonds is 7. The average molecular weight is 480 g/mol. The van der Waals surface area contributed by atoms with Crippen LogP contribution in [-0.4, -0.2) is 21.5 Å². The Balaban J connectivity index is 1.49. The number of nitrogens with zero attached hydrogens (tertiary/aromatic N) is 2. The van der Waals surface area contributed by atoms with Gasteiger partial charge in [0.1, 0.15) is 5.75 Å². The Morgan fingerprint density at radius 2 is 1.79 bits per heavy atom. The third-order valence-corrected chi connectivity index (χ3v) is 5.37. The number of carbonyl (C=O) groups is 2. The molecule has 0 radical (unpaired) electrons. The number of benzene rings is 3. The van der Waals surface area contributed by atoms with Crippen LogP contribution in [0, 0.1) is 6.92 Å². The first kappa shape index (κ1) is 22.6. The van der Waals surface area contributed by atoms with Crippen molar-refractivity contribution in [1.29, 1.82) is 0 Å². The van der Waals surface area contributed by atoms with Gasteiger partial charge in [-0.3, -0.25) is 9.59 Å². The van der Waals surface area contributed by atoms with Crippen molar-refractivity contribution in [3.63, 3.8) is 0 Å². The third kappa shape index (κ3) is 5.42. The normalized spacial score (nSPS) is 10.6. The molecule has 1 aromatic heterocycles. The Morgan fingerprint density at radius 3 is 2.58 bits per heavy atom. The molecule has 0 saturated heterocycles. The smallest absolute Gasteiger partial charge is 0.276 e. The number of hydrogen-bond donors (Lipinski definition) is 1. The molecule has 0 aliphatic carbocycles. The maximum Gasteiger partial charge on any atom is 0.276 e. The summed E-state index contributed by atoms with van der Waals surface area (Å²) in [6, 6.07) is 20.5. The van der Waals surface area contributed by atoms with Gasteiger partial charge in [-0.2, -0.15) is 5.10 Å². The van der Waals surface area contributed by atoms with Crippen molar-refractivity contribution in [1.82, 2.24) is 9.78 Å². The second-order valence-corrected chi connectivity index (χ2v) is 8.13. The Kier molecular flexibility index (Phi) is 6.77. The van der Waals surface area contributed by atoms with Gasteiger partial charge in [-0.05, 0) is 48.9 Å². The lowest BCUT2D eigenvalue weighted by Gasteiger charge is -2.11. The Bertz CT molecular complexity index is 1320. The second kappa shape index (κ2) is 9.90. The molecule has 1 heterocycles. The van der Waals surface area contributed by atoms with Crippen LogP contribution in [0.2, 0.25) is 10.0 Å². The van der Waals surface area contributed by atoms with Gasteiger partial charge in [0.25, 0.3) is 5.91 Å². The topological polar surface area (TPSA) is 73.2 Å². The molecule has 4 rings (SSSR count). The van der Waals surface area contributed by atoms with Crippen LogP contribution >= 0.6 is 23.2 Å². The minimum Gasteiger partial charge on any atom is -0.470 e. The van der Waals surface area contributed by atoms with E-state index in [1.54, 1.807) is 54.7 Å². The highest BCUT2D eigenvalue weighted by molar-refractivity contribution is 6.32. The van der Waals surface area contributed by atoms with E-state index in [-0.39, 0.29) is 18.2 Å². The number of anilines is 1. The van der Waals surface area contributed by atoms with Gasteiger partial charge in [-0.1, -0.05) is 59.6 Å². The molecule has 33 heavy (non-hydrogen) atoms. The number of aryl methyl sites for hydroxylation is 1. The van der Waals surface area contributed by atoms with E-state index in [9.17, 15) is 9.59 Å². The molecule has 166 valence electrons. The van der Waals surface area contributed by atoms with Gasteiger partial charge >= 0.3 is 0 Å². The molecule has 3 aromatic carbocycles. The minimum atomic E-state index is -0.466. The van der Waals surface area contributed by atoms with E-state index in [1.807, 2.05) is 25.1 Å². The predicted octanol–water partition coefficient (Wildman–Crippen LogP) is 6.02. The maximum absolute atomic E-state index is 13.0. The Labute approximate surface area is 200 Å². The quantitative estimate of drug-likeness (QED) is 0.329. The van der Waals surface area contributed by atoms with Gasteiger partial charge in [0.2, 0.25) is 0 Å². The van der Waals surface area contributed by atoms with E-state index in [1.165, 1.54) is 10.7 Å². The Morgan fingerprint density at radius 1 is 1.00 bits per heavy atom. The zero-order chi connectivity index (χ0) is 23.4. The number of carbonyl (C=O) groups excluding carboxylic acids is 2. The summed E-state index contributed by atoms with van der Waals surface area (Å²) in [5.41, 5.74) is 2.31. The minimum absolute atomic E-state index is 0.0785. The van der Waals surface area contributed by atoms with E-state index in [0.717, 1.165) is 5.56 Å². The highest BCUT2D eigenvalue weighted by Gasteiger charge is 2.18. The lowest BCUT2D eigenvalue weighted by atomic mass is 10.0. The monoisotopic (exact) mass is 479 g/mol. The number of ketones is 1. The van der Waals surface area contributed by atoms with E-state index in [4.69, 9.17) is 27.9 Å². The average Bonchev–Trinajstić information content (AvgIpc) is 3.30. The first-order valence-electron chi connectivity index (χ1n) is 10.0. The molecule has 6 nitrogen and oxygen atoms in total. The van der Waals surface area contributed by atoms with Crippen molar-refractivity contribution in [3.8, 4) is 5.75 Å². The number of halogens is 2. The number of amides is 1. The highest BCUT2D eigenvalue weighted by Crippen LogP contribution is 2.26. The van der Waals surface area contributed by atoms with Gasteiger partial charge < -0.3 is 10.1 Å². The molecule has 0 aliphatic heterocycles. The number of nitrogens with one attached hydrogen (secondary N) is 1. The molecule has 0 atom stereocenters. The first-order chi connectivity index (χ1) is 15.9. The molecule has 0 bridgehead atoms. The van der Waals surface area contributed by atoms with Crippen LogP contribution in [0.25, 0.3) is 0 Å². The fourth-order valence-corrected chi connectivity index (χ4v) is 3.50. The number of aromatic nitrogens is 2. The van der Waals surface area contributed by atoms with Crippen LogP contribution in [0.4, 0.5) is 5.69 Å². The van der Waals surface area contributed by atoms with Gasteiger partial charge in [-0.15, -0.1) is 0 Å². The zero-order valence-corrected chi connectivity index (χ0v) is 19.1. The highest BCUT2D eigenvalue weighted by atomic mass is 35.5. The molecule has 8 heteroatoms. The summed E-state index contributed by atoms with van der Waals surface area (Å²) in [7, 11) is 0. The third-order valence-electron chi connectivity index (χ3n) is 4.82. The van der Waals surface area contributed by atoms with E-state index in [2.05, 4.69) is 10.4 Å². The molecule has 0 fully saturated rings. The molecule has 0 aliphatic rings. The van der Waals surface area contributed by atoms with Crippen molar-refractivity contribution in [2.75, 3.05) is 5.32 Å². The van der Waals surface area contributed by atoms with Crippen LogP contribution in [0.3, 0.4) is 0 Å². The second-order valence-electron chi connectivity index (χ2n) is 7.29. The summed E-state index contributed by atoms with van der Waals surface area (Å²) in [4.78, 5) is 25.8. The van der Waals surface area contributed by atoms with E-state index in [0.29, 0.717) is 32.6 Å². The summed E-state index contributed by atoms with van der Waals surface area (Å²) >= 11 is 12.3. The summed E-state index contributed by atoms with van der Waals surface area (Å²) in [6.07, 6.45) is 1.62. The van der Waals surface area contributed by atoms with Crippen molar-refractivity contribution in [2.24, 2.45) is 0 Å². The van der Waals surface area contributed by atoms with Crippen LogP contribution in [0.15, 0.2) is 79.0 Å². The SMILES string of the molecule is Cc1ccc(Cl)c(OCn2ccc(C(=O)Nc3ccc(Cl)cc3C(=O)c3ccccc3)n2)c1. The molecule has 1 amide bonds. The molecular formula is C25H19Cl2N3O3. The molecule has 0 spiro atoms. The standard InChI is InChI=1S/C25H19Cl2N3O3/c1-16-7-9-20(27)23(13-16)33-15-30-12-11-22(29-30)25(32)28-21-10-8-18(26)14-19(21)24(31)17-5-3-2-4-6-17/h2-14H,15H2,1H3,(H,28,32). The Hall–Kier alpha value is -3.61. The molecule has 1 N–H and O–H groups in total. The van der Waals surface area contributed by atoms with Crippen molar-refractivity contribution in [3.05, 3.63) is 111 Å². The number of hydrogen-bond acceptors (Lipinski definition) is 4. The van der Waals surface area contributed by atoms with Crippen LogP contribution < -0.4 is 10.1 Å². The van der Waals surface area contributed by atoms with Gasteiger partial charge in [0.15, 0.2) is 18.2 Å². The van der Waals surface area contributed by atoms with Crippen LogP contribution in [-0.2, 0) is 6.73 Å². The van der Waals surface area contributed by atoms with Crippen molar-refractivity contribution < 1.29 is 14.3 Å². The van der Waals surface area contributed by atoms with E-state index < -0.39 is 5.91 Å². The molecule has 0 unspecified atom stereocenters. The summed E-state index contributed by atoms with van der Waals surface area (Å²) < 4.78 is 7.18. The van der Waals surface area contributed by atoms with Gasteiger partial charge in [-0.25, -0.2) is 4.68 Å². The van der Waals surface area contributed by atoms with E-state index >= 15 is 0 Å². The van der Waals surface area contributed by atoms with Crippen molar-refractivity contribution in [2.45, 2.75) is 13.7 Å². The molecule has 0 saturated carbocycles. The summed E-state index contributed by atoms with van der Waals surface area (Å²) in [5, 5.41) is 7.88. The first-order valence-corrected chi connectivity index (χ1v) is 10.8. The predicted molar refractivity (Wildman–Crippen MR) is 128 cm³/mol. The fourth-order valence-electron chi connectivity index (χ4n) is 3.16. The van der Waals surface area contributed by atoms with Crippen molar-refractivity contribution >= 4 is 40.6 Å². The lowest BCUT2D eigenvalue weighted by Crippen LogP contribution is -2.16. The largest absolute Gasteiger partial charge is 0.470 e. The maximum atomic E-state index is 13.0.